The van der Waals surface area contributed by atoms with Gasteiger partial charge in [0.15, 0.2) is 5.82 Å². The van der Waals surface area contributed by atoms with Crippen LogP contribution >= 0.6 is 23.2 Å². The molecule has 0 saturated heterocycles. The van der Waals surface area contributed by atoms with Gasteiger partial charge >= 0.3 is 0 Å². The van der Waals surface area contributed by atoms with Gasteiger partial charge in [-0.25, -0.2) is 0 Å². The number of nitrogens with one attached hydrogen (secondary N) is 2. The minimum absolute atomic E-state index is 0.0724. The van der Waals surface area contributed by atoms with Crippen LogP contribution in [0.4, 0.5) is 5.69 Å². The number of aromatic nitrogens is 2. The normalized spacial score (nSPS) is 10.6. The van der Waals surface area contributed by atoms with Crippen LogP contribution < -0.4 is 10.6 Å². The van der Waals surface area contributed by atoms with Gasteiger partial charge < -0.3 is 9.84 Å². The first-order valence-electron chi connectivity index (χ1n) is 5.80. The molecule has 2 N–H and O–H groups in total. The molecule has 0 bridgehead atoms. The van der Waals surface area contributed by atoms with Crippen molar-refractivity contribution in [3.8, 4) is 0 Å². The average molecular weight is 315 g/mol. The molecular weight excluding hydrogens is 303 g/mol. The maximum absolute atomic E-state index is 11.8. The lowest BCUT2D eigenvalue weighted by atomic mass is 10.3. The number of rotatable bonds is 5. The number of para-hydroxylation sites is 1. The molecule has 106 valence electrons. The first-order chi connectivity index (χ1) is 9.56. The lowest BCUT2D eigenvalue weighted by Crippen LogP contribution is -2.28. The summed E-state index contributed by atoms with van der Waals surface area (Å²) in [6.07, 6.45) is 0. The quantitative estimate of drug-likeness (QED) is 0.886. The Morgan fingerprint density at radius 1 is 1.35 bits per heavy atom. The van der Waals surface area contributed by atoms with Crippen molar-refractivity contribution in [2.75, 3.05) is 11.9 Å². The number of anilines is 1. The molecule has 0 aliphatic heterocycles. The number of amides is 1. The van der Waals surface area contributed by atoms with Gasteiger partial charge in [-0.2, -0.15) is 4.98 Å². The number of carbonyl (C=O) groups excluding carboxylic acids is 1. The van der Waals surface area contributed by atoms with Crippen LogP contribution in [0.25, 0.3) is 0 Å². The fourth-order valence-corrected chi connectivity index (χ4v) is 1.99. The molecular formula is C12H12Cl2N4O2. The average Bonchev–Trinajstić information content (AvgIpc) is 2.80. The second kappa shape index (κ2) is 6.69. The van der Waals surface area contributed by atoms with E-state index >= 15 is 0 Å². The first kappa shape index (κ1) is 14.8. The predicted molar refractivity (Wildman–Crippen MR) is 75.8 cm³/mol. The first-order valence-corrected chi connectivity index (χ1v) is 6.55. The van der Waals surface area contributed by atoms with E-state index in [4.69, 9.17) is 27.7 Å². The number of hydrogen-bond acceptors (Lipinski definition) is 5. The summed E-state index contributed by atoms with van der Waals surface area (Å²) >= 11 is 11.9. The monoisotopic (exact) mass is 314 g/mol. The van der Waals surface area contributed by atoms with E-state index in [2.05, 4.69) is 20.8 Å². The number of nitrogens with zero attached hydrogens (tertiary/aromatic N) is 2. The zero-order chi connectivity index (χ0) is 14.5. The summed E-state index contributed by atoms with van der Waals surface area (Å²) in [5, 5.41) is 9.94. The molecule has 0 fully saturated rings. The molecule has 0 spiro atoms. The Balaban J connectivity index is 1.84. The molecule has 2 aromatic rings. The Morgan fingerprint density at radius 3 is 2.65 bits per heavy atom. The molecule has 0 saturated carbocycles. The second-order valence-electron chi connectivity index (χ2n) is 3.98. The van der Waals surface area contributed by atoms with E-state index < -0.39 is 0 Å². The summed E-state index contributed by atoms with van der Waals surface area (Å²) in [6.45, 7) is 2.10. The summed E-state index contributed by atoms with van der Waals surface area (Å²) in [7, 11) is 0. The number of hydrogen-bond donors (Lipinski definition) is 2. The lowest BCUT2D eigenvalue weighted by molar-refractivity contribution is -0.115. The molecule has 8 heteroatoms. The molecule has 1 heterocycles. The molecule has 0 radical (unpaired) electrons. The maximum atomic E-state index is 11.8. The number of halogens is 2. The zero-order valence-corrected chi connectivity index (χ0v) is 12.1. The van der Waals surface area contributed by atoms with Crippen molar-refractivity contribution in [2.24, 2.45) is 0 Å². The molecule has 1 aromatic carbocycles. The maximum Gasteiger partial charge on any atom is 0.240 e. The largest absolute Gasteiger partial charge is 0.338 e. The molecule has 0 aliphatic rings. The van der Waals surface area contributed by atoms with Gasteiger partial charge in [0.2, 0.25) is 11.8 Å². The third-order valence-electron chi connectivity index (χ3n) is 2.36. The summed E-state index contributed by atoms with van der Waals surface area (Å²) in [4.78, 5) is 15.8. The van der Waals surface area contributed by atoms with Gasteiger partial charge in [-0.05, 0) is 19.1 Å². The molecule has 1 amide bonds. The lowest BCUT2D eigenvalue weighted by Gasteiger charge is -2.09. The summed E-state index contributed by atoms with van der Waals surface area (Å²) in [6, 6.07) is 5.01. The van der Waals surface area contributed by atoms with Crippen molar-refractivity contribution < 1.29 is 9.32 Å². The van der Waals surface area contributed by atoms with Gasteiger partial charge in [-0.15, -0.1) is 0 Å². The van der Waals surface area contributed by atoms with Crippen molar-refractivity contribution in [2.45, 2.75) is 13.5 Å². The molecule has 0 atom stereocenters. The third kappa shape index (κ3) is 3.93. The van der Waals surface area contributed by atoms with Gasteiger partial charge in [0.05, 0.1) is 28.8 Å². The van der Waals surface area contributed by atoms with Gasteiger partial charge in [-0.1, -0.05) is 34.4 Å². The van der Waals surface area contributed by atoms with Crippen LogP contribution in [-0.2, 0) is 11.3 Å². The minimum Gasteiger partial charge on any atom is -0.338 e. The van der Waals surface area contributed by atoms with Crippen molar-refractivity contribution in [1.82, 2.24) is 15.5 Å². The molecule has 0 unspecified atom stereocenters. The fourth-order valence-electron chi connectivity index (χ4n) is 1.50. The molecule has 0 aliphatic carbocycles. The Hall–Kier alpha value is -1.63. The Labute approximate surface area is 125 Å². The highest BCUT2D eigenvalue weighted by Crippen LogP contribution is 2.29. The van der Waals surface area contributed by atoms with E-state index in [9.17, 15) is 4.79 Å². The predicted octanol–water partition coefficient (Wildman–Crippen LogP) is 2.41. The van der Waals surface area contributed by atoms with E-state index in [0.29, 0.717) is 34.0 Å². The summed E-state index contributed by atoms with van der Waals surface area (Å²) < 4.78 is 4.91. The van der Waals surface area contributed by atoms with Crippen molar-refractivity contribution in [3.05, 3.63) is 40.0 Å². The molecule has 2 rings (SSSR count). The van der Waals surface area contributed by atoms with E-state index in [1.165, 1.54) is 0 Å². The third-order valence-corrected chi connectivity index (χ3v) is 2.99. The van der Waals surface area contributed by atoms with E-state index in [1.807, 2.05) is 0 Å². The van der Waals surface area contributed by atoms with Crippen molar-refractivity contribution in [3.63, 3.8) is 0 Å². The number of aryl methyl sites for hydroxylation is 1. The van der Waals surface area contributed by atoms with Crippen LogP contribution in [0.15, 0.2) is 22.7 Å². The van der Waals surface area contributed by atoms with Gasteiger partial charge in [-0.3, -0.25) is 10.1 Å². The Bertz CT molecular complexity index is 595. The number of carbonyl (C=O) groups is 1. The van der Waals surface area contributed by atoms with Gasteiger partial charge in [0, 0.05) is 0 Å². The van der Waals surface area contributed by atoms with Gasteiger partial charge in [0.25, 0.3) is 0 Å². The minimum atomic E-state index is -0.267. The van der Waals surface area contributed by atoms with Crippen molar-refractivity contribution in [1.29, 1.82) is 0 Å². The summed E-state index contributed by atoms with van der Waals surface area (Å²) in [5.41, 5.74) is 0.399. The fraction of sp³-hybridized carbons (Fsp3) is 0.250. The highest BCUT2D eigenvalue weighted by molar-refractivity contribution is 6.39. The van der Waals surface area contributed by atoms with E-state index in [-0.39, 0.29) is 12.5 Å². The Kier molecular flexibility index (Phi) is 4.94. The van der Waals surface area contributed by atoms with E-state index in [1.54, 1.807) is 25.1 Å². The molecule has 20 heavy (non-hydrogen) atoms. The standard InChI is InChI=1S/C12H12Cl2N4O2/c1-7-16-11(20-18-7)6-15-5-10(19)17-12-8(13)3-2-4-9(12)14/h2-4,15H,5-6H2,1H3,(H,17,19). The SMILES string of the molecule is Cc1noc(CNCC(=O)Nc2c(Cl)cccc2Cl)n1. The van der Waals surface area contributed by atoms with Crippen LogP contribution in [0.2, 0.25) is 10.0 Å². The van der Waals surface area contributed by atoms with Crippen LogP contribution in [0.1, 0.15) is 11.7 Å². The van der Waals surface area contributed by atoms with Crippen LogP contribution in [0.5, 0.6) is 0 Å². The highest BCUT2D eigenvalue weighted by atomic mass is 35.5. The number of benzene rings is 1. The molecule has 6 nitrogen and oxygen atoms in total. The Morgan fingerprint density at radius 2 is 2.05 bits per heavy atom. The topological polar surface area (TPSA) is 80.0 Å². The van der Waals surface area contributed by atoms with Crippen LogP contribution in [0, 0.1) is 6.92 Å². The molecule has 1 aromatic heterocycles. The smallest absolute Gasteiger partial charge is 0.240 e. The highest BCUT2D eigenvalue weighted by Gasteiger charge is 2.10. The van der Waals surface area contributed by atoms with Crippen LogP contribution in [-0.4, -0.2) is 22.6 Å². The van der Waals surface area contributed by atoms with Crippen LogP contribution in [0.3, 0.4) is 0 Å². The van der Waals surface area contributed by atoms with Gasteiger partial charge in [0.1, 0.15) is 0 Å². The summed E-state index contributed by atoms with van der Waals surface area (Å²) in [5.74, 6) is 0.705. The van der Waals surface area contributed by atoms with Crippen molar-refractivity contribution >= 4 is 34.8 Å². The second-order valence-corrected chi connectivity index (χ2v) is 4.80. The zero-order valence-electron chi connectivity index (χ0n) is 10.6. The van der Waals surface area contributed by atoms with E-state index in [0.717, 1.165) is 0 Å².